The highest BCUT2D eigenvalue weighted by atomic mass is 32.1. The van der Waals surface area contributed by atoms with Gasteiger partial charge in [0.05, 0.1) is 4.92 Å². The molecule has 2 aromatic rings. The van der Waals surface area contributed by atoms with Crippen LogP contribution in [0.15, 0.2) is 42.5 Å². The lowest BCUT2D eigenvalue weighted by molar-refractivity contribution is -0.385. The highest BCUT2D eigenvalue weighted by molar-refractivity contribution is 7.80. The minimum atomic E-state index is -0.625. The third kappa shape index (κ3) is 4.10. The molecule has 0 aliphatic rings. The number of nitrogens with one attached hydrogen (secondary N) is 2. The predicted molar refractivity (Wildman–Crippen MR) is 92.7 cm³/mol. The number of nitro benzene ring substituents is 1. The standard InChI is InChI=1S/C16H15N3O3S/c1-10-7-8-13(11(2)9-10)17-16(23)18-15(20)12-5-3-4-6-14(12)19(21)22/h3-9H,1-2H3,(H2,17,18,20,23). The topological polar surface area (TPSA) is 84.3 Å². The van der Waals surface area contributed by atoms with Crippen LogP contribution in [0.2, 0.25) is 0 Å². The first-order valence-corrected chi connectivity index (χ1v) is 7.22. The number of benzene rings is 2. The minimum Gasteiger partial charge on any atom is -0.332 e. The molecule has 0 atom stereocenters. The van der Waals surface area contributed by atoms with Gasteiger partial charge in [0.15, 0.2) is 5.11 Å². The van der Waals surface area contributed by atoms with Gasteiger partial charge < -0.3 is 5.32 Å². The van der Waals surface area contributed by atoms with Crippen molar-refractivity contribution in [3.8, 4) is 0 Å². The van der Waals surface area contributed by atoms with E-state index >= 15 is 0 Å². The van der Waals surface area contributed by atoms with Gasteiger partial charge in [0.2, 0.25) is 0 Å². The van der Waals surface area contributed by atoms with E-state index in [2.05, 4.69) is 10.6 Å². The number of hydrogen-bond acceptors (Lipinski definition) is 4. The third-order valence-electron chi connectivity index (χ3n) is 3.20. The van der Waals surface area contributed by atoms with Crippen LogP contribution in [-0.2, 0) is 0 Å². The normalized spacial score (nSPS) is 10.0. The van der Waals surface area contributed by atoms with Gasteiger partial charge in [0.25, 0.3) is 11.6 Å². The number of nitrogens with zero attached hydrogens (tertiary/aromatic N) is 1. The van der Waals surface area contributed by atoms with Crippen molar-refractivity contribution in [3.05, 3.63) is 69.3 Å². The lowest BCUT2D eigenvalue weighted by Crippen LogP contribution is -2.34. The molecule has 0 spiro atoms. The summed E-state index contributed by atoms with van der Waals surface area (Å²) in [5.74, 6) is -0.625. The van der Waals surface area contributed by atoms with Crippen LogP contribution in [0.4, 0.5) is 11.4 Å². The van der Waals surface area contributed by atoms with Gasteiger partial charge in [-0.25, -0.2) is 0 Å². The molecule has 0 saturated heterocycles. The molecule has 0 radical (unpaired) electrons. The molecule has 0 saturated carbocycles. The van der Waals surface area contributed by atoms with Gasteiger partial charge in [-0.05, 0) is 43.8 Å². The Balaban J connectivity index is 2.11. The van der Waals surface area contributed by atoms with Crippen LogP contribution in [0.1, 0.15) is 21.5 Å². The average Bonchev–Trinajstić information content (AvgIpc) is 2.50. The minimum absolute atomic E-state index is 0.0396. The van der Waals surface area contributed by atoms with Gasteiger partial charge >= 0.3 is 0 Å². The zero-order valence-electron chi connectivity index (χ0n) is 12.6. The number of amides is 1. The molecule has 0 aromatic heterocycles. The summed E-state index contributed by atoms with van der Waals surface area (Å²) in [6.45, 7) is 3.90. The van der Waals surface area contributed by atoms with Gasteiger partial charge in [0.1, 0.15) is 5.56 Å². The Kier molecular flexibility index (Phi) is 5.02. The molecule has 0 unspecified atom stereocenters. The summed E-state index contributed by atoms with van der Waals surface area (Å²) in [5.41, 5.74) is 2.56. The number of nitro groups is 1. The van der Waals surface area contributed by atoms with Crippen LogP contribution in [0.25, 0.3) is 0 Å². The van der Waals surface area contributed by atoms with E-state index < -0.39 is 10.8 Å². The Morgan fingerprint density at radius 3 is 2.52 bits per heavy atom. The molecular weight excluding hydrogens is 314 g/mol. The molecule has 0 bridgehead atoms. The van der Waals surface area contributed by atoms with Crippen LogP contribution < -0.4 is 10.6 Å². The van der Waals surface area contributed by atoms with E-state index in [0.29, 0.717) is 0 Å². The highest BCUT2D eigenvalue weighted by Crippen LogP contribution is 2.18. The van der Waals surface area contributed by atoms with E-state index in [1.54, 1.807) is 6.07 Å². The van der Waals surface area contributed by atoms with E-state index in [9.17, 15) is 14.9 Å². The molecule has 0 aliphatic heterocycles. The van der Waals surface area contributed by atoms with Crippen LogP contribution in [0.3, 0.4) is 0 Å². The first kappa shape index (κ1) is 16.6. The fourth-order valence-electron chi connectivity index (χ4n) is 2.10. The second-order valence-corrected chi connectivity index (χ2v) is 5.41. The molecule has 1 amide bonds. The summed E-state index contributed by atoms with van der Waals surface area (Å²) in [5, 5.41) is 16.4. The second kappa shape index (κ2) is 6.97. The van der Waals surface area contributed by atoms with Gasteiger partial charge in [-0.1, -0.05) is 29.8 Å². The molecule has 2 rings (SSSR count). The lowest BCUT2D eigenvalue weighted by atomic mass is 10.1. The monoisotopic (exact) mass is 329 g/mol. The Morgan fingerprint density at radius 2 is 1.87 bits per heavy atom. The maximum atomic E-state index is 12.2. The molecule has 2 aromatic carbocycles. The van der Waals surface area contributed by atoms with Crippen molar-refractivity contribution in [1.29, 1.82) is 0 Å². The van der Waals surface area contributed by atoms with E-state index in [4.69, 9.17) is 12.2 Å². The van der Waals surface area contributed by atoms with Gasteiger partial charge in [-0.2, -0.15) is 0 Å². The Hall–Kier alpha value is -2.80. The number of aryl methyl sites for hydroxylation is 2. The van der Waals surface area contributed by atoms with Crippen molar-refractivity contribution >= 4 is 34.6 Å². The number of hydrogen-bond donors (Lipinski definition) is 2. The second-order valence-electron chi connectivity index (χ2n) is 5.00. The maximum absolute atomic E-state index is 12.2. The molecule has 0 aliphatic carbocycles. The van der Waals surface area contributed by atoms with Crippen LogP contribution in [0, 0.1) is 24.0 Å². The first-order valence-electron chi connectivity index (χ1n) is 6.81. The number of rotatable bonds is 3. The summed E-state index contributed by atoms with van der Waals surface area (Å²) >= 11 is 5.10. The fraction of sp³-hybridized carbons (Fsp3) is 0.125. The number of para-hydroxylation sites is 1. The van der Waals surface area contributed by atoms with Gasteiger partial charge in [-0.3, -0.25) is 20.2 Å². The fourth-order valence-corrected chi connectivity index (χ4v) is 2.31. The van der Waals surface area contributed by atoms with Gasteiger partial charge in [0, 0.05) is 11.8 Å². The summed E-state index contributed by atoms with van der Waals surface area (Å²) in [6, 6.07) is 11.5. The van der Waals surface area contributed by atoms with Crippen molar-refractivity contribution in [2.45, 2.75) is 13.8 Å². The highest BCUT2D eigenvalue weighted by Gasteiger charge is 2.19. The smallest absolute Gasteiger partial charge is 0.282 e. The van der Waals surface area contributed by atoms with Crippen molar-refractivity contribution in [2.24, 2.45) is 0 Å². The number of carbonyl (C=O) groups excluding carboxylic acids is 1. The van der Waals surface area contributed by atoms with Crippen molar-refractivity contribution in [2.75, 3.05) is 5.32 Å². The Morgan fingerprint density at radius 1 is 1.17 bits per heavy atom. The molecule has 23 heavy (non-hydrogen) atoms. The quantitative estimate of drug-likeness (QED) is 0.512. The largest absolute Gasteiger partial charge is 0.332 e. The maximum Gasteiger partial charge on any atom is 0.282 e. The first-order chi connectivity index (χ1) is 10.9. The Labute approximate surface area is 138 Å². The molecule has 6 nitrogen and oxygen atoms in total. The van der Waals surface area contributed by atoms with Crippen molar-refractivity contribution in [3.63, 3.8) is 0 Å². The SMILES string of the molecule is Cc1ccc(NC(=S)NC(=O)c2ccccc2[N+](=O)[O-])c(C)c1. The van der Waals surface area contributed by atoms with Crippen LogP contribution in [-0.4, -0.2) is 15.9 Å². The third-order valence-corrected chi connectivity index (χ3v) is 3.41. The zero-order chi connectivity index (χ0) is 17.0. The predicted octanol–water partition coefficient (Wildman–Crippen LogP) is 3.34. The summed E-state index contributed by atoms with van der Waals surface area (Å²) in [7, 11) is 0. The zero-order valence-corrected chi connectivity index (χ0v) is 13.4. The summed E-state index contributed by atoms with van der Waals surface area (Å²) in [6.07, 6.45) is 0. The Bertz CT molecular complexity index is 790. The van der Waals surface area contributed by atoms with E-state index in [1.165, 1.54) is 18.2 Å². The number of anilines is 1. The van der Waals surface area contributed by atoms with Gasteiger partial charge in [-0.15, -0.1) is 0 Å². The summed E-state index contributed by atoms with van der Waals surface area (Å²) in [4.78, 5) is 22.5. The van der Waals surface area contributed by atoms with E-state index in [-0.39, 0.29) is 16.4 Å². The van der Waals surface area contributed by atoms with Crippen LogP contribution in [0.5, 0.6) is 0 Å². The molecule has 118 valence electrons. The van der Waals surface area contributed by atoms with E-state index in [1.807, 2.05) is 32.0 Å². The molecule has 0 heterocycles. The van der Waals surface area contributed by atoms with Crippen LogP contribution >= 0.6 is 12.2 Å². The van der Waals surface area contributed by atoms with E-state index in [0.717, 1.165) is 16.8 Å². The average molecular weight is 329 g/mol. The summed E-state index contributed by atoms with van der Waals surface area (Å²) < 4.78 is 0. The molecule has 0 fully saturated rings. The van der Waals surface area contributed by atoms with Crippen molar-refractivity contribution < 1.29 is 9.72 Å². The molecule has 7 heteroatoms. The molecule has 2 N–H and O–H groups in total. The lowest BCUT2D eigenvalue weighted by Gasteiger charge is -2.12. The number of thiocarbonyl (C=S) groups is 1. The number of carbonyl (C=O) groups is 1. The van der Waals surface area contributed by atoms with Crippen molar-refractivity contribution in [1.82, 2.24) is 5.32 Å². The molecular formula is C16H15N3O3S.